The molecule has 0 unspecified atom stereocenters. The van der Waals surface area contributed by atoms with Gasteiger partial charge >= 0.3 is 0 Å². The van der Waals surface area contributed by atoms with Gasteiger partial charge < -0.3 is 19.3 Å². The predicted molar refractivity (Wildman–Crippen MR) is 85.1 cm³/mol. The summed E-state index contributed by atoms with van der Waals surface area (Å²) in [6, 6.07) is 0. The van der Waals surface area contributed by atoms with E-state index < -0.39 is 18.1 Å². The molecule has 2 aliphatic rings. The van der Waals surface area contributed by atoms with Gasteiger partial charge in [-0.05, 0) is 13.8 Å². The number of ether oxygens (including phenoxy) is 3. The van der Waals surface area contributed by atoms with Crippen molar-refractivity contribution >= 4 is 11.2 Å². The number of rotatable bonds is 3. The van der Waals surface area contributed by atoms with Crippen molar-refractivity contribution in [2.75, 3.05) is 6.61 Å². The number of nitrogens with zero attached hydrogens (tertiary/aromatic N) is 7. The lowest BCUT2D eigenvalue weighted by atomic mass is 10.1. The highest BCUT2D eigenvalue weighted by Crippen LogP contribution is 2.43. The highest BCUT2D eigenvalue weighted by Gasteiger charge is 2.55. The number of aromatic nitrogens is 7. The fourth-order valence-electron chi connectivity index (χ4n) is 3.55. The lowest BCUT2D eigenvalue weighted by molar-refractivity contribution is -0.199. The SMILES string of the molecule is CC1(C)O[C@@H]2[C@H](O1)[C@@H](CO)O[C@H]2n1cnc2c(-n3cnnc3)ncnc21. The summed E-state index contributed by atoms with van der Waals surface area (Å²) in [5.74, 6) is -0.181. The number of aliphatic hydroxyl groups excluding tert-OH is 1. The number of aliphatic hydroxyl groups is 1. The lowest BCUT2D eigenvalue weighted by Crippen LogP contribution is -2.31. The summed E-state index contributed by atoms with van der Waals surface area (Å²) in [5, 5.41) is 17.3. The zero-order valence-corrected chi connectivity index (χ0v) is 14.1. The van der Waals surface area contributed by atoms with Crippen LogP contribution in [0.5, 0.6) is 0 Å². The van der Waals surface area contributed by atoms with E-state index in [9.17, 15) is 5.11 Å². The second kappa shape index (κ2) is 5.51. The molecule has 0 bridgehead atoms. The molecule has 3 aromatic heterocycles. The van der Waals surface area contributed by atoms with Crippen molar-refractivity contribution in [1.29, 1.82) is 0 Å². The maximum atomic E-state index is 9.65. The van der Waals surface area contributed by atoms with E-state index in [2.05, 4.69) is 25.1 Å². The third-order valence-electron chi connectivity index (χ3n) is 4.58. The summed E-state index contributed by atoms with van der Waals surface area (Å²) in [4.78, 5) is 13.1. The molecule has 2 saturated heterocycles. The van der Waals surface area contributed by atoms with E-state index >= 15 is 0 Å². The largest absolute Gasteiger partial charge is 0.394 e. The molecule has 0 amide bonds. The highest BCUT2D eigenvalue weighted by molar-refractivity contribution is 5.78. The van der Waals surface area contributed by atoms with E-state index in [1.54, 1.807) is 28.1 Å². The van der Waals surface area contributed by atoms with Crippen LogP contribution in [0.25, 0.3) is 17.0 Å². The van der Waals surface area contributed by atoms with Gasteiger partial charge in [-0.25, -0.2) is 15.0 Å². The monoisotopic (exact) mass is 359 g/mol. The van der Waals surface area contributed by atoms with Crippen molar-refractivity contribution in [1.82, 2.24) is 34.3 Å². The van der Waals surface area contributed by atoms with Crippen LogP contribution in [0, 0.1) is 0 Å². The van der Waals surface area contributed by atoms with Crippen LogP contribution in [-0.2, 0) is 14.2 Å². The van der Waals surface area contributed by atoms with Gasteiger partial charge in [0.05, 0.1) is 12.9 Å². The van der Waals surface area contributed by atoms with Gasteiger partial charge in [-0.3, -0.25) is 9.13 Å². The Morgan fingerprint density at radius 1 is 1.08 bits per heavy atom. The van der Waals surface area contributed by atoms with Crippen LogP contribution in [0.1, 0.15) is 20.1 Å². The highest BCUT2D eigenvalue weighted by atomic mass is 16.8. The third-order valence-corrected chi connectivity index (χ3v) is 4.58. The van der Waals surface area contributed by atoms with Crippen molar-refractivity contribution in [3.63, 3.8) is 0 Å². The zero-order valence-electron chi connectivity index (χ0n) is 14.1. The van der Waals surface area contributed by atoms with E-state index in [0.717, 1.165) is 0 Å². The number of hydrogen-bond donors (Lipinski definition) is 1. The summed E-state index contributed by atoms with van der Waals surface area (Å²) >= 11 is 0. The second-order valence-electron chi connectivity index (χ2n) is 6.70. The first-order chi connectivity index (χ1) is 12.6. The minimum atomic E-state index is -0.746. The molecule has 5 rings (SSSR count). The van der Waals surface area contributed by atoms with Gasteiger partial charge in [0.1, 0.15) is 37.3 Å². The van der Waals surface area contributed by atoms with Crippen LogP contribution in [0.2, 0.25) is 0 Å². The van der Waals surface area contributed by atoms with Crippen LogP contribution in [-0.4, -0.2) is 70.1 Å². The molecule has 0 aliphatic carbocycles. The van der Waals surface area contributed by atoms with Gasteiger partial charge in [0.15, 0.2) is 29.0 Å². The summed E-state index contributed by atoms with van der Waals surface area (Å²) in [5.41, 5.74) is 1.16. The predicted octanol–water partition coefficient (Wildman–Crippen LogP) is -0.183. The molecule has 136 valence electrons. The molecule has 2 aliphatic heterocycles. The normalized spacial score (nSPS) is 30.1. The van der Waals surface area contributed by atoms with Crippen LogP contribution >= 0.6 is 0 Å². The standard InChI is InChI=1S/C15H17N7O4/c1-15(2)25-10-8(3-23)24-14(11(10)26-15)22-5-18-9-12(16-4-17-13(9)22)21-6-19-20-7-21/h4-8,10-11,14,23H,3H2,1-2H3/t8-,10-,11-,14-/m1/s1. The van der Waals surface area contributed by atoms with Crippen LogP contribution < -0.4 is 0 Å². The van der Waals surface area contributed by atoms with E-state index in [1.807, 2.05) is 13.8 Å². The number of hydrogen-bond acceptors (Lipinski definition) is 9. The topological polar surface area (TPSA) is 122 Å². The van der Waals surface area contributed by atoms with Gasteiger partial charge in [-0.2, -0.15) is 0 Å². The average molecular weight is 359 g/mol. The minimum absolute atomic E-state index is 0.162. The fraction of sp³-hybridized carbons (Fsp3) is 0.533. The molecule has 0 aromatic carbocycles. The van der Waals surface area contributed by atoms with E-state index in [1.165, 1.54) is 6.33 Å². The van der Waals surface area contributed by atoms with Crippen LogP contribution in [0.4, 0.5) is 0 Å². The second-order valence-corrected chi connectivity index (χ2v) is 6.70. The van der Waals surface area contributed by atoms with Gasteiger partial charge in [0, 0.05) is 0 Å². The summed E-state index contributed by atoms with van der Waals surface area (Å²) in [6.45, 7) is 3.52. The molecule has 0 saturated carbocycles. The Kier molecular flexibility index (Phi) is 3.34. The maximum Gasteiger partial charge on any atom is 0.170 e. The quantitative estimate of drug-likeness (QED) is 0.678. The van der Waals surface area contributed by atoms with Crippen molar-refractivity contribution in [3.05, 3.63) is 25.3 Å². The minimum Gasteiger partial charge on any atom is -0.394 e. The first kappa shape index (κ1) is 15.8. The van der Waals surface area contributed by atoms with Gasteiger partial charge in [0.2, 0.25) is 0 Å². The van der Waals surface area contributed by atoms with E-state index in [0.29, 0.717) is 17.0 Å². The Bertz CT molecular complexity index is 941. The van der Waals surface area contributed by atoms with Crippen molar-refractivity contribution in [2.45, 2.75) is 44.2 Å². The molecular formula is C15H17N7O4. The first-order valence-corrected chi connectivity index (χ1v) is 8.22. The average Bonchev–Trinajstić information content (AvgIpc) is 3.36. The van der Waals surface area contributed by atoms with Crippen LogP contribution in [0.3, 0.4) is 0 Å². The number of imidazole rings is 1. The Labute approximate surface area is 147 Å². The van der Waals surface area contributed by atoms with E-state index in [4.69, 9.17) is 14.2 Å². The van der Waals surface area contributed by atoms with Crippen LogP contribution in [0.15, 0.2) is 25.3 Å². The lowest BCUT2D eigenvalue weighted by Gasteiger charge is -2.24. The Hall–Kier alpha value is -2.47. The smallest absolute Gasteiger partial charge is 0.170 e. The Morgan fingerprint density at radius 2 is 1.85 bits per heavy atom. The molecule has 0 radical (unpaired) electrons. The summed E-state index contributed by atoms with van der Waals surface area (Å²) in [6.07, 6.45) is 4.41. The zero-order chi connectivity index (χ0) is 17.9. The molecule has 5 heterocycles. The molecule has 4 atom stereocenters. The molecular weight excluding hydrogens is 342 g/mol. The molecule has 0 spiro atoms. The molecule has 11 heteroatoms. The Morgan fingerprint density at radius 3 is 2.62 bits per heavy atom. The van der Waals surface area contributed by atoms with Crippen molar-refractivity contribution in [3.8, 4) is 5.82 Å². The third kappa shape index (κ3) is 2.25. The molecule has 3 aromatic rings. The fourth-order valence-corrected chi connectivity index (χ4v) is 3.55. The molecule has 1 N–H and O–H groups in total. The molecule has 26 heavy (non-hydrogen) atoms. The van der Waals surface area contributed by atoms with Gasteiger partial charge in [0.25, 0.3) is 0 Å². The van der Waals surface area contributed by atoms with Gasteiger partial charge in [-0.1, -0.05) is 0 Å². The Balaban J connectivity index is 1.59. The molecule has 11 nitrogen and oxygen atoms in total. The summed E-state index contributed by atoms with van der Waals surface area (Å²) in [7, 11) is 0. The maximum absolute atomic E-state index is 9.65. The first-order valence-electron chi connectivity index (χ1n) is 8.22. The van der Waals surface area contributed by atoms with E-state index in [-0.39, 0.29) is 18.8 Å². The molecule has 2 fully saturated rings. The van der Waals surface area contributed by atoms with Gasteiger partial charge in [-0.15, -0.1) is 10.2 Å². The van der Waals surface area contributed by atoms with Crippen molar-refractivity contribution < 1.29 is 19.3 Å². The van der Waals surface area contributed by atoms with Crippen molar-refractivity contribution in [2.24, 2.45) is 0 Å². The summed E-state index contributed by atoms with van der Waals surface area (Å²) < 4.78 is 21.3. The number of fused-ring (bicyclic) bond motifs is 2.